The molecule has 1 amide bonds. The summed E-state index contributed by atoms with van der Waals surface area (Å²) >= 11 is 0.208. The molecule has 222 valence electrons. The Balaban J connectivity index is 2.47. The lowest BCUT2D eigenvalue weighted by Gasteiger charge is -2.42. The number of thiazole rings is 1. The van der Waals surface area contributed by atoms with Gasteiger partial charge in [-0.3, -0.25) is 10.1 Å². The minimum absolute atomic E-state index is 0.00924. The average molecular weight is 622 g/mol. The van der Waals surface area contributed by atoms with E-state index in [0.29, 0.717) is 0 Å². The van der Waals surface area contributed by atoms with Gasteiger partial charge in [0.05, 0.1) is 16.8 Å². The minimum atomic E-state index is -8.58. The molecule has 0 aliphatic heterocycles. The number of hydrogen-bond donors (Lipinski definition) is 1. The van der Waals surface area contributed by atoms with Crippen molar-refractivity contribution in [3.8, 4) is 5.75 Å². The molecule has 0 spiro atoms. The molecule has 0 bridgehead atoms. The van der Waals surface area contributed by atoms with Gasteiger partial charge in [0, 0.05) is 0 Å². The minimum Gasteiger partial charge on any atom is -0.494 e. The number of carbonyl (C=O) groups excluding carboxylic acids is 1. The molecule has 0 saturated heterocycles. The number of ether oxygens (including phenoxy) is 1. The number of halogens is 16. The van der Waals surface area contributed by atoms with Crippen molar-refractivity contribution in [2.75, 3.05) is 11.9 Å². The highest BCUT2D eigenvalue weighted by Crippen LogP contribution is 2.62. The number of nitrogens with zero attached hydrogens (tertiary/aromatic N) is 1. The normalized spacial score (nSPS) is 14.7. The second-order valence-corrected chi connectivity index (χ2v) is 8.44. The Morgan fingerprint density at radius 1 is 0.846 bits per heavy atom. The van der Waals surface area contributed by atoms with E-state index < -0.39 is 58.9 Å². The van der Waals surface area contributed by atoms with Crippen molar-refractivity contribution >= 4 is 32.6 Å². The van der Waals surface area contributed by atoms with Crippen molar-refractivity contribution in [3.63, 3.8) is 0 Å². The molecule has 1 aromatic carbocycles. The van der Waals surface area contributed by atoms with E-state index >= 15 is 0 Å². The van der Waals surface area contributed by atoms with Gasteiger partial charge in [0.25, 0.3) is 0 Å². The average Bonchev–Trinajstić information content (AvgIpc) is 3.19. The molecule has 0 atom stereocenters. The molecule has 21 heteroatoms. The summed E-state index contributed by atoms with van der Waals surface area (Å²) < 4.78 is 219. The van der Waals surface area contributed by atoms with Gasteiger partial charge in [-0.05, 0) is 25.1 Å². The lowest BCUT2D eigenvalue weighted by Crippen LogP contribution is -2.74. The standard InChI is InChI=1S/C18H10F16N2O2S/c1-2-38-6-3-4-7-8(5-6)39-11(35-7)36-10(37)13(23,24)15(27,28)17(31,32)18(33,34)16(29,30)14(25,26)12(21,22)9(19)20/h3-5,9H,2H2,1H3,(H,35,36,37). The number of rotatable bonds is 11. The zero-order valence-corrected chi connectivity index (χ0v) is 19.1. The van der Waals surface area contributed by atoms with Crippen LogP contribution < -0.4 is 10.1 Å². The maximum Gasteiger partial charge on any atom is 0.393 e. The molecule has 4 nitrogen and oxygen atoms in total. The second-order valence-electron chi connectivity index (χ2n) is 7.41. The number of nitrogens with one attached hydrogen (secondary N) is 1. The van der Waals surface area contributed by atoms with E-state index in [9.17, 15) is 75.0 Å². The van der Waals surface area contributed by atoms with Gasteiger partial charge in [0.1, 0.15) is 5.75 Å². The van der Waals surface area contributed by atoms with Crippen molar-refractivity contribution in [2.24, 2.45) is 0 Å². The molecule has 2 aromatic rings. The zero-order valence-electron chi connectivity index (χ0n) is 18.2. The van der Waals surface area contributed by atoms with Crippen LogP contribution in [0.4, 0.5) is 75.4 Å². The summed E-state index contributed by atoms with van der Waals surface area (Å²) in [4.78, 5) is 15.1. The van der Waals surface area contributed by atoms with Crippen LogP contribution in [-0.4, -0.2) is 65.4 Å². The summed E-state index contributed by atoms with van der Waals surface area (Å²) in [5, 5.41) is -0.241. The van der Waals surface area contributed by atoms with Crippen LogP contribution in [0.5, 0.6) is 5.75 Å². The van der Waals surface area contributed by atoms with Gasteiger partial charge < -0.3 is 4.74 Å². The van der Waals surface area contributed by atoms with E-state index in [2.05, 4.69) is 4.98 Å². The molecular weight excluding hydrogens is 612 g/mol. The predicted molar refractivity (Wildman–Crippen MR) is 100 cm³/mol. The van der Waals surface area contributed by atoms with Crippen molar-refractivity contribution in [1.29, 1.82) is 0 Å². The zero-order chi connectivity index (χ0) is 30.6. The van der Waals surface area contributed by atoms with Crippen LogP contribution in [0, 0.1) is 0 Å². The maximum absolute atomic E-state index is 14.1. The van der Waals surface area contributed by atoms with Gasteiger partial charge in [0.2, 0.25) is 0 Å². The Labute approximate surface area is 208 Å². The number of carbonyl (C=O) groups is 1. The summed E-state index contributed by atoms with van der Waals surface area (Å²) in [6.07, 6.45) is -5.94. The third-order valence-corrected chi connectivity index (χ3v) is 5.77. The first-order valence-electron chi connectivity index (χ1n) is 9.62. The van der Waals surface area contributed by atoms with E-state index in [1.54, 1.807) is 6.92 Å². The van der Waals surface area contributed by atoms with Crippen LogP contribution in [0.3, 0.4) is 0 Å². The SMILES string of the molecule is CCOc1ccc2nc(NC(=O)C(F)(F)C(F)(F)C(F)(F)C(F)(F)C(F)(F)C(F)(F)C(F)(F)C(F)F)sc2c1. The third-order valence-electron chi connectivity index (χ3n) is 4.84. The molecule has 39 heavy (non-hydrogen) atoms. The molecule has 0 saturated carbocycles. The molecule has 2 rings (SSSR count). The number of anilines is 1. The smallest absolute Gasteiger partial charge is 0.393 e. The highest BCUT2D eigenvalue weighted by Gasteiger charge is 2.94. The summed E-state index contributed by atoms with van der Waals surface area (Å²) in [5.74, 6) is -59.9. The van der Waals surface area contributed by atoms with E-state index in [4.69, 9.17) is 4.74 Å². The van der Waals surface area contributed by atoms with Crippen molar-refractivity contribution in [3.05, 3.63) is 18.2 Å². The van der Waals surface area contributed by atoms with Crippen LogP contribution in [0.2, 0.25) is 0 Å². The topological polar surface area (TPSA) is 51.2 Å². The maximum atomic E-state index is 14.1. The second kappa shape index (κ2) is 9.72. The molecule has 0 fully saturated rings. The van der Waals surface area contributed by atoms with Crippen molar-refractivity contribution < 1.29 is 79.8 Å². The number of fused-ring (bicyclic) bond motifs is 1. The molecule has 1 heterocycles. The highest BCUT2D eigenvalue weighted by atomic mass is 32.1. The summed E-state index contributed by atoms with van der Waals surface area (Å²) in [6, 6.07) is 3.55. The number of aromatic nitrogens is 1. The van der Waals surface area contributed by atoms with Gasteiger partial charge in [-0.25, -0.2) is 13.8 Å². The Bertz CT molecular complexity index is 1210. The van der Waals surface area contributed by atoms with Crippen molar-refractivity contribution in [1.82, 2.24) is 4.98 Å². The summed E-state index contributed by atoms with van der Waals surface area (Å²) in [7, 11) is 0. The first-order valence-corrected chi connectivity index (χ1v) is 10.4. The van der Waals surface area contributed by atoms with Crippen LogP contribution in [0.15, 0.2) is 18.2 Å². The summed E-state index contributed by atoms with van der Waals surface area (Å²) in [5.41, 5.74) is -0.146. The molecular formula is C18H10F16N2O2S. The van der Waals surface area contributed by atoms with Crippen LogP contribution in [0.1, 0.15) is 6.92 Å². The molecule has 1 aromatic heterocycles. The number of amides is 1. The molecule has 1 N–H and O–H groups in total. The molecule has 0 aliphatic carbocycles. The largest absolute Gasteiger partial charge is 0.494 e. The fraction of sp³-hybridized carbons (Fsp3) is 0.556. The summed E-state index contributed by atoms with van der Waals surface area (Å²) in [6.45, 7) is 1.67. The van der Waals surface area contributed by atoms with Gasteiger partial charge in [-0.15, -0.1) is 0 Å². The van der Waals surface area contributed by atoms with Crippen LogP contribution in [0.25, 0.3) is 10.2 Å². The Morgan fingerprint density at radius 2 is 1.33 bits per heavy atom. The predicted octanol–water partition coefficient (Wildman–Crippen LogP) is 7.35. The monoisotopic (exact) mass is 622 g/mol. The van der Waals surface area contributed by atoms with E-state index in [1.807, 2.05) is 0 Å². The van der Waals surface area contributed by atoms with E-state index in [0.717, 1.165) is 11.4 Å². The fourth-order valence-corrected chi connectivity index (χ4v) is 3.56. The lowest BCUT2D eigenvalue weighted by molar-refractivity contribution is -0.443. The van der Waals surface area contributed by atoms with E-state index in [-0.39, 0.29) is 33.9 Å². The quantitative estimate of drug-likeness (QED) is 0.267. The molecule has 0 radical (unpaired) electrons. The first-order chi connectivity index (χ1) is 17.3. The number of benzene rings is 1. The van der Waals surface area contributed by atoms with Gasteiger partial charge >= 0.3 is 53.8 Å². The Kier molecular flexibility index (Phi) is 8.09. The molecule has 0 unspecified atom stereocenters. The highest BCUT2D eigenvalue weighted by molar-refractivity contribution is 7.22. The van der Waals surface area contributed by atoms with Crippen molar-refractivity contribution in [2.45, 2.75) is 54.8 Å². The van der Waals surface area contributed by atoms with Crippen LogP contribution >= 0.6 is 11.3 Å². The Morgan fingerprint density at radius 3 is 1.82 bits per heavy atom. The lowest BCUT2D eigenvalue weighted by atomic mass is 9.89. The number of alkyl halides is 16. The molecule has 0 aliphatic rings. The van der Waals surface area contributed by atoms with Crippen LogP contribution in [-0.2, 0) is 4.79 Å². The van der Waals surface area contributed by atoms with Gasteiger partial charge in [0.15, 0.2) is 5.13 Å². The first kappa shape index (κ1) is 32.5. The third kappa shape index (κ3) is 4.68. The number of hydrogen-bond acceptors (Lipinski definition) is 4. The fourth-order valence-electron chi connectivity index (χ4n) is 2.67. The van der Waals surface area contributed by atoms with E-state index in [1.165, 1.54) is 12.1 Å². The Hall–Kier alpha value is -2.74. The van der Waals surface area contributed by atoms with Gasteiger partial charge in [-0.2, -0.15) is 61.5 Å². The van der Waals surface area contributed by atoms with Gasteiger partial charge in [-0.1, -0.05) is 11.3 Å².